The predicted octanol–water partition coefficient (Wildman–Crippen LogP) is 3.35. The lowest BCUT2D eigenvalue weighted by Crippen LogP contribution is -2.11. The summed E-state index contributed by atoms with van der Waals surface area (Å²) in [5.41, 5.74) is -0.0960. The number of benzene rings is 2. The van der Waals surface area contributed by atoms with Crippen molar-refractivity contribution >= 4 is 27.9 Å². The van der Waals surface area contributed by atoms with E-state index < -0.39 is 23.5 Å². The Balaban J connectivity index is 2.01. The molecule has 8 nitrogen and oxygen atoms in total. The van der Waals surface area contributed by atoms with Crippen molar-refractivity contribution in [1.29, 1.82) is 0 Å². The number of rotatable bonds is 5. The van der Waals surface area contributed by atoms with Crippen LogP contribution in [-0.4, -0.2) is 17.4 Å². The van der Waals surface area contributed by atoms with Gasteiger partial charge in [-0.3, -0.25) is 4.79 Å². The first-order valence-electron chi connectivity index (χ1n) is 9.44. The van der Waals surface area contributed by atoms with Gasteiger partial charge in [0.15, 0.2) is 6.29 Å². The lowest BCUT2D eigenvalue weighted by Gasteiger charge is -2.14. The zero-order chi connectivity index (χ0) is 22.1. The summed E-state index contributed by atoms with van der Waals surface area (Å²) in [6.45, 7) is 2.45. The maximum atomic E-state index is 12.7. The van der Waals surface area contributed by atoms with E-state index in [0.29, 0.717) is 21.9 Å². The van der Waals surface area contributed by atoms with Gasteiger partial charge in [-0.15, -0.1) is 0 Å². The highest BCUT2D eigenvalue weighted by Crippen LogP contribution is 2.34. The molecule has 0 saturated carbocycles. The van der Waals surface area contributed by atoms with Crippen LogP contribution in [-0.2, 0) is 16.1 Å². The number of hydrogen-bond acceptors (Lipinski definition) is 8. The molecule has 8 heteroatoms. The number of carbonyl (C=O) groups is 1. The minimum Gasteiger partial charge on any atom is -0.426 e. The molecule has 1 atom stereocenters. The third-order valence-electron chi connectivity index (χ3n) is 4.63. The number of ether oxygens (including phenoxy) is 2. The van der Waals surface area contributed by atoms with Crippen LogP contribution in [0.25, 0.3) is 33.1 Å². The van der Waals surface area contributed by atoms with Crippen molar-refractivity contribution < 1.29 is 28.2 Å². The van der Waals surface area contributed by atoms with Crippen LogP contribution in [0.4, 0.5) is 0 Å². The van der Waals surface area contributed by atoms with E-state index in [0.717, 1.165) is 0 Å². The average molecular weight is 422 g/mol. The van der Waals surface area contributed by atoms with E-state index in [2.05, 4.69) is 0 Å². The Morgan fingerprint density at radius 1 is 1.06 bits per heavy atom. The van der Waals surface area contributed by atoms with Crippen LogP contribution >= 0.6 is 0 Å². The Morgan fingerprint density at radius 2 is 1.84 bits per heavy atom. The lowest BCUT2D eigenvalue weighted by atomic mass is 10.00. The molecule has 0 aliphatic rings. The summed E-state index contributed by atoms with van der Waals surface area (Å²) >= 11 is 0. The highest BCUT2D eigenvalue weighted by Gasteiger charge is 2.20. The van der Waals surface area contributed by atoms with Gasteiger partial charge >= 0.3 is 17.2 Å². The number of carbonyl (C=O) groups excluding carboxylic acids is 1. The maximum absolute atomic E-state index is 12.7. The van der Waals surface area contributed by atoms with Crippen LogP contribution in [0.15, 0.2) is 67.0 Å². The van der Waals surface area contributed by atoms with Crippen molar-refractivity contribution in [2.75, 3.05) is 0 Å². The molecule has 31 heavy (non-hydrogen) atoms. The molecular formula is C23H18O8. The molecule has 2 aromatic heterocycles. The van der Waals surface area contributed by atoms with Crippen LogP contribution in [0, 0.1) is 0 Å². The Bertz CT molecular complexity index is 1410. The summed E-state index contributed by atoms with van der Waals surface area (Å²) in [6.07, 6.45) is -1.11. The first kappa shape index (κ1) is 20.5. The quantitative estimate of drug-likeness (QED) is 0.225. The molecule has 0 saturated heterocycles. The van der Waals surface area contributed by atoms with E-state index in [9.17, 15) is 19.5 Å². The molecule has 4 aromatic rings. The molecule has 0 radical (unpaired) electrons. The van der Waals surface area contributed by atoms with Crippen molar-refractivity contribution in [3.8, 4) is 16.9 Å². The molecule has 0 bridgehead atoms. The molecule has 158 valence electrons. The van der Waals surface area contributed by atoms with E-state index in [1.807, 2.05) is 0 Å². The van der Waals surface area contributed by atoms with Crippen LogP contribution in [0.3, 0.4) is 0 Å². The zero-order valence-corrected chi connectivity index (χ0v) is 16.7. The Hall–Kier alpha value is -3.75. The summed E-state index contributed by atoms with van der Waals surface area (Å²) in [6, 6.07) is 13.0. The Morgan fingerprint density at radius 3 is 2.58 bits per heavy atom. The summed E-state index contributed by atoms with van der Waals surface area (Å²) in [4.78, 5) is 36.6. The van der Waals surface area contributed by atoms with E-state index in [4.69, 9.17) is 18.3 Å². The van der Waals surface area contributed by atoms with Gasteiger partial charge in [0, 0.05) is 29.3 Å². The van der Waals surface area contributed by atoms with Crippen LogP contribution in [0.5, 0.6) is 5.75 Å². The van der Waals surface area contributed by atoms with Gasteiger partial charge in [-0.2, -0.15) is 0 Å². The molecule has 0 spiro atoms. The second kappa shape index (κ2) is 8.17. The fourth-order valence-electron chi connectivity index (χ4n) is 3.33. The second-order valence-corrected chi connectivity index (χ2v) is 6.89. The van der Waals surface area contributed by atoms with Gasteiger partial charge < -0.3 is 23.4 Å². The summed E-state index contributed by atoms with van der Waals surface area (Å²) < 4.78 is 21.3. The topological polar surface area (TPSA) is 116 Å². The van der Waals surface area contributed by atoms with Gasteiger partial charge in [0.05, 0.1) is 17.7 Å². The fraction of sp³-hybridized carbons (Fsp3) is 0.174. The molecule has 0 fully saturated rings. The minimum absolute atomic E-state index is 0.0782. The van der Waals surface area contributed by atoms with Crippen molar-refractivity contribution in [3.05, 3.63) is 74.9 Å². The predicted molar refractivity (Wildman–Crippen MR) is 112 cm³/mol. The van der Waals surface area contributed by atoms with E-state index in [-0.39, 0.29) is 29.1 Å². The average Bonchev–Trinajstić information content (AvgIpc) is 2.71. The molecule has 4 rings (SSSR count). The largest absolute Gasteiger partial charge is 0.426 e. The molecule has 2 aromatic carbocycles. The van der Waals surface area contributed by atoms with Gasteiger partial charge in [-0.25, -0.2) is 9.59 Å². The monoisotopic (exact) mass is 422 g/mol. The van der Waals surface area contributed by atoms with Gasteiger partial charge in [-0.05, 0) is 31.2 Å². The molecule has 2 heterocycles. The first-order valence-corrected chi connectivity index (χ1v) is 9.44. The number of aliphatic hydroxyl groups is 1. The summed E-state index contributed by atoms with van der Waals surface area (Å²) in [7, 11) is 0. The molecular weight excluding hydrogens is 404 g/mol. The molecule has 0 amide bonds. The number of aliphatic hydroxyl groups excluding tert-OH is 1. The van der Waals surface area contributed by atoms with Crippen molar-refractivity contribution in [2.24, 2.45) is 0 Å². The molecule has 0 aliphatic heterocycles. The van der Waals surface area contributed by atoms with E-state index in [1.54, 1.807) is 36.4 Å². The molecule has 0 aliphatic carbocycles. The van der Waals surface area contributed by atoms with E-state index >= 15 is 0 Å². The summed E-state index contributed by atoms with van der Waals surface area (Å²) in [5.74, 6) is -0.460. The third kappa shape index (κ3) is 4.11. The third-order valence-corrected chi connectivity index (χ3v) is 4.63. The molecule has 1 N–H and O–H groups in total. The van der Waals surface area contributed by atoms with Crippen molar-refractivity contribution in [1.82, 2.24) is 0 Å². The van der Waals surface area contributed by atoms with Gasteiger partial charge in [-0.1, -0.05) is 18.2 Å². The number of fused-ring (bicyclic) bond motifs is 2. The first-order chi connectivity index (χ1) is 14.8. The number of para-hydroxylation sites is 1. The minimum atomic E-state index is -1.11. The standard InChI is InChI=1S/C23H18O8/c1-12(24)28-11-18-20(29-13(2)25)8-7-15-16(10-21(26)31-22(15)18)17-9-14-5-3-4-6-19(14)30-23(17)27/h3-10,12,24H,11H2,1-2H3. The van der Waals surface area contributed by atoms with Gasteiger partial charge in [0.1, 0.15) is 16.9 Å². The fourth-order valence-corrected chi connectivity index (χ4v) is 3.33. The lowest BCUT2D eigenvalue weighted by molar-refractivity contribution is -0.132. The smallest absolute Gasteiger partial charge is 0.344 e. The SMILES string of the molecule is CC(=O)Oc1ccc2c(-c3cc4ccccc4oc3=O)cc(=O)oc2c1COC(C)O. The Kier molecular flexibility index (Phi) is 5.41. The highest BCUT2D eigenvalue weighted by molar-refractivity contribution is 5.97. The molecule has 1 unspecified atom stereocenters. The normalized spacial score (nSPS) is 12.2. The van der Waals surface area contributed by atoms with Crippen LogP contribution in [0.1, 0.15) is 19.4 Å². The van der Waals surface area contributed by atoms with E-state index in [1.165, 1.54) is 26.0 Å². The van der Waals surface area contributed by atoms with Crippen molar-refractivity contribution in [2.45, 2.75) is 26.7 Å². The van der Waals surface area contributed by atoms with Gasteiger partial charge in [0.25, 0.3) is 0 Å². The number of esters is 1. The second-order valence-electron chi connectivity index (χ2n) is 6.89. The summed E-state index contributed by atoms with van der Waals surface area (Å²) in [5, 5.41) is 10.6. The van der Waals surface area contributed by atoms with Crippen LogP contribution in [0.2, 0.25) is 0 Å². The Labute approximate surface area is 175 Å². The van der Waals surface area contributed by atoms with Gasteiger partial charge in [0.2, 0.25) is 0 Å². The zero-order valence-electron chi connectivity index (χ0n) is 16.7. The maximum Gasteiger partial charge on any atom is 0.344 e. The highest BCUT2D eigenvalue weighted by atomic mass is 16.6. The van der Waals surface area contributed by atoms with Crippen LogP contribution < -0.4 is 16.0 Å². The van der Waals surface area contributed by atoms with Crippen molar-refractivity contribution in [3.63, 3.8) is 0 Å². The number of hydrogen-bond donors (Lipinski definition) is 1.